The van der Waals surface area contributed by atoms with Crippen molar-refractivity contribution in [2.24, 2.45) is 11.3 Å². The Kier molecular flexibility index (Phi) is 8.27. The van der Waals surface area contributed by atoms with Crippen molar-refractivity contribution in [2.45, 2.75) is 63.0 Å². The number of nitriles is 1. The highest BCUT2D eigenvalue weighted by Gasteiger charge is 2.60. The predicted octanol–water partition coefficient (Wildman–Crippen LogP) is 3.11. The van der Waals surface area contributed by atoms with Crippen LogP contribution in [-0.2, 0) is 38.1 Å². The number of ether oxygens (including phenoxy) is 3. The maximum atomic E-state index is 14.3. The molecule has 3 fully saturated rings. The van der Waals surface area contributed by atoms with Crippen molar-refractivity contribution < 1.29 is 37.0 Å². The lowest BCUT2D eigenvalue weighted by atomic mass is 9.78. The van der Waals surface area contributed by atoms with E-state index in [0.29, 0.717) is 51.1 Å². The van der Waals surface area contributed by atoms with Gasteiger partial charge in [0.1, 0.15) is 6.61 Å². The number of hydrogen-bond acceptors (Lipinski definition) is 7. The maximum absolute atomic E-state index is 14.3. The molecule has 1 N–H and O–H groups in total. The van der Waals surface area contributed by atoms with Gasteiger partial charge in [-0.1, -0.05) is 6.07 Å². The van der Waals surface area contributed by atoms with Crippen molar-refractivity contribution in [2.75, 3.05) is 46.6 Å². The Morgan fingerprint density at radius 3 is 2.85 bits per heavy atom. The zero-order chi connectivity index (χ0) is 28.5. The van der Waals surface area contributed by atoms with Crippen molar-refractivity contribution in [3.05, 3.63) is 34.9 Å². The maximum Gasteiger partial charge on any atom is 0.416 e. The number of likely N-dealkylation sites (tertiary alicyclic amines) is 1. The molecule has 218 valence electrons. The summed E-state index contributed by atoms with van der Waals surface area (Å²) in [5.41, 5.74) is -0.279. The highest BCUT2D eigenvalue weighted by atomic mass is 19.4. The lowest BCUT2D eigenvalue weighted by molar-refractivity contribution is -0.143. The molecule has 0 bridgehead atoms. The van der Waals surface area contributed by atoms with Gasteiger partial charge in [-0.05, 0) is 54.9 Å². The minimum atomic E-state index is -4.46. The molecular weight excluding hydrogens is 529 g/mol. The number of nitrogens with one attached hydrogen (secondary N) is 1. The van der Waals surface area contributed by atoms with Crippen LogP contribution in [0, 0.1) is 22.7 Å². The van der Waals surface area contributed by atoms with Gasteiger partial charge in [0, 0.05) is 52.0 Å². The number of rotatable bonds is 6. The Bertz CT molecular complexity index is 1160. The first kappa shape index (κ1) is 28.6. The van der Waals surface area contributed by atoms with Crippen molar-refractivity contribution in [3.8, 4) is 6.07 Å². The number of fused-ring (bicyclic) bond motifs is 2. The normalized spacial score (nSPS) is 30.0. The Labute approximate surface area is 231 Å². The van der Waals surface area contributed by atoms with Gasteiger partial charge >= 0.3 is 12.3 Å². The molecule has 12 heteroatoms. The third kappa shape index (κ3) is 5.64. The first-order chi connectivity index (χ1) is 19.1. The fourth-order valence-electron chi connectivity index (χ4n) is 6.90. The summed E-state index contributed by atoms with van der Waals surface area (Å²) in [5.74, 6) is -0.266. The molecule has 9 nitrogen and oxygen atoms in total. The Morgan fingerprint density at radius 1 is 1.27 bits per heavy atom. The second-order valence-electron chi connectivity index (χ2n) is 11.3. The third-order valence-corrected chi connectivity index (χ3v) is 8.89. The largest absolute Gasteiger partial charge is 0.448 e. The number of carbonyl (C=O) groups excluding carboxylic acids is 2. The van der Waals surface area contributed by atoms with Crippen LogP contribution in [0.4, 0.5) is 18.0 Å². The van der Waals surface area contributed by atoms with Crippen LogP contribution in [0.1, 0.15) is 42.4 Å². The molecule has 0 spiro atoms. The minimum absolute atomic E-state index is 0.0142. The van der Waals surface area contributed by atoms with Crippen molar-refractivity contribution in [3.63, 3.8) is 0 Å². The van der Waals surface area contributed by atoms with Crippen molar-refractivity contribution in [1.82, 2.24) is 15.1 Å². The summed E-state index contributed by atoms with van der Waals surface area (Å²) in [6.45, 7) is 2.11. The third-order valence-electron chi connectivity index (χ3n) is 8.89. The molecule has 2 unspecified atom stereocenters. The number of amides is 2. The van der Waals surface area contributed by atoms with Crippen LogP contribution in [0.2, 0.25) is 0 Å². The van der Waals surface area contributed by atoms with Gasteiger partial charge in [0.15, 0.2) is 0 Å². The zero-order valence-corrected chi connectivity index (χ0v) is 22.5. The fraction of sp³-hybridized carbons (Fsp3) is 0.679. The monoisotopic (exact) mass is 564 g/mol. The van der Waals surface area contributed by atoms with E-state index in [1.807, 2.05) is 6.07 Å². The average molecular weight is 565 g/mol. The van der Waals surface area contributed by atoms with E-state index in [9.17, 15) is 22.8 Å². The number of carbonyl (C=O) groups is 2. The van der Waals surface area contributed by atoms with E-state index < -0.39 is 23.2 Å². The number of hydrogen-bond donors (Lipinski definition) is 1. The van der Waals surface area contributed by atoms with E-state index >= 15 is 0 Å². The fourth-order valence-corrected chi connectivity index (χ4v) is 6.90. The summed E-state index contributed by atoms with van der Waals surface area (Å²) >= 11 is 0. The van der Waals surface area contributed by atoms with Gasteiger partial charge in [-0.3, -0.25) is 4.79 Å². The van der Waals surface area contributed by atoms with Gasteiger partial charge in [0.25, 0.3) is 0 Å². The summed E-state index contributed by atoms with van der Waals surface area (Å²) in [6, 6.07) is 5.77. The van der Waals surface area contributed by atoms with Crippen molar-refractivity contribution in [1.29, 1.82) is 5.26 Å². The summed E-state index contributed by atoms with van der Waals surface area (Å²) < 4.78 is 56.5. The number of methoxy groups -OCH3 is 1. The van der Waals surface area contributed by atoms with E-state index in [2.05, 4.69) is 5.32 Å². The Balaban J connectivity index is 1.36. The first-order valence-corrected chi connectivity index (χ1v) is 13.8. The molecular formula is C28H35F3N4O5. The molecule has 5 atom stereocenters. The first-order valence-electron chi connectivity index (χ1n) is 13.8. The average Bonchev–Trinajstić information content (AvgIpc) is 3.47. The molecule has 3 aliphatic heterocycles. The van der Waals surface area contributed by atoms with Crippen LogP contribution in [0.25, 0.3) is 0 Å². The smallest absolute Gasteiger partial charge is 0.416 e. The van der Waals surface area contributed by atoms with Crippen LogP contribution >= 0.6 is 0 Å². The van der Waals surface area contributed by atoms with Crippen LogP contribution < -0.4 is 5.32 Å². The van der Waals surface area contributed by atoms with Crippen LogP contribution in [0.3, 0.4) is 0 Å². The van der Waals surface area contributed by atoms with E-state index in [1.165, 1.54) is 6.07 Å². The molecule has 1 aromatic rings. The lowest BCUT2D eigenvalue weighted by Gasteiger charge is -2.38. The highest BCUT2D eigenvalue weighted by Crippen LogP contribution is 2.51. The van der Waals surface area contributed by atoms with Crippen LogP contribution in [0.15, 0.2) is 18.2 Å². The van der Waals surface area contributed by atoms with Crippen LogP contribution in [-0.4, -0.2) is 86.6 Å². The number of alkyl halides is 3. The summed E-state index contributed by atoms with van der Waals surface area (Å²) in [5, 5.41) is 12.5. The standard InChI is InChI=1S/C28H35F3N4O5/c1-38-24-16-39-10-6-23(24)33-22-12-21-15-35(26(37)40-9-2-7-32)17-27(21,13-22)25(36)34-8-5-18-3-4-20(28(29,30)31)11-19(18)14-34/h3-4,11,21-24,33H,2,5-6,8-10,12-17H2,1H3/t21-,22+,23?,24?,27-/m0/s1. The van der Waals surface area contributed by atoms with Gasteiger partial charge in [-0.25, -0.2) is 4.79 Å². The molecule has 0 aromatic heterocycles. The molecule has 0 radical (unpaired) electrons. The number of benzene rings is 1. The second-order valence-corrected chi connectivity index (χ2v) is 11.3. The Hall–Kier alpha value is -2.88. The second kappa shape index (κ2) is 11.5. The van der Waals surface area contributed by atoms with Gasteiger partial charge in [0.05, 0.1) is 36.2 Å². The number of nitrogens with zero attached hydrogens (tertiary/aromatic N) is 3. The molecule has 40 heavy (non-hydrogen) atoms. The highest BCUT2D eigenvalue weighted by molar-refractivity contribution is 5.86. The van der Waals surface area contributed by atoms with Gasteiger partial charge in [0.2, 0.25) is 5.91 Å². The van der Waals surface area contributed by atoms with E-state index in [1.54, 1.807) is 16.9 Å². The van der Waals surface area contributed by atoms with Gasteiger partial charge < -0.3 is 29.3 Å². The zero-order valence-electron chi connectivity index (χ0n) is 22.5. The molecule has 2 amide bonds. The van der Waals surface area contributed by atoms with E-state index in [0.717, 1.165) is 24.1 Å². The van der Waals surface area contributed by atoms with E-state index in [4.69, 9.17) is 19.5 Å². The van der Waals surface area contributed by atoms with Gasteiger partial charge in [-0.2, -0.15) is 18.4 Å². The topological polar surface area (TPSA) is 104 Å². The van der Waals surface area contributed by atoms with Crippen molar-refractivity contribution >= 4 is 12.0 Å². The quantitative estimate of drug-likeness (QED) is 0.530. The van der Waals surface area contributed by atoms with Crippen LogP contribution in [0.5, 0.6) is 0 Å². The number of halogens is 3. The summed E-state index contributed by atoms with van der Waals surface area (Å²) in [4.78, 5) is 30.3. The van der Waals surface area contributed by atoms with E-state index in [-0.39, 0.29) is 56.1 Å². The molecule has 3 heterocycles. The summed E-state index contributed by atoms with van der Waals surface area (Å²) in [7, 11) is 1.65. The molecule has 5 rings (SSSR count). The predicted molar refractivity (Wildman–Crippen MR) is 136 cm³/mol. The Morgan fingerprint density at radius 2 is 2.10 bits per heavy atom. The lowest BCUT2D eigenvalue weighted by Crippen LogP contribution is -2.52. The minimum Gasteiger partial charge on any atom is -0.448 e. The van der Waals surface area contributed by atoms with Gasteiger partial charge in [-0.15, -0.1) is 0 Å². The molecule has 1 saturated carbocycles. The molecule has 2 saturated heterocycles. The summed E-state index contributed by atoms with van der Waals surface area (Å²) in [6.07, 6.45) is -2.61. The molecule has 1 aromatic carbocycles. The SMILES string of the molecule is COC1COCCC1N[C@@H]1C[C@H]2CN(C(=O)OCCC#N)C[C@@]2(C(=O)N2CCc3ccc(C(F)(F)F)cc3C2)C1. The molecule has 4 aliphatic rings. The molecule has 1 aliphatic carbocycles.